The molecule has 1 saturated carbocycles. The second-order valence-electron chi connectivity index (χ2n) is 5.36. The fourth-order valence-corrected chi connectivity index (χ4v) is 2.58. The number of nitrogens with zero attached hydrogens (tertiary/aromatic N) is 2. The summed E-state index contributed by atoms with van der Waals surface area (Å²) in [5, 5.41) is 0. The maximum atomic E-state index is 6.34. The normalized spacial score (nSPS) is 14.5. The van der Waals surface area contributed by atoms with Crippen LogP contribution in [0, 0.1) is 0 Å². The number of nitrogen functional groups attached to an aromatic ring is 1. The van der Waals surface area contributed by atoms with E-state index in [1.54, 1.807) is 7.11 Å². The largest absolute Gasteiger partial charge is 0.497 e. The van der Waals surface area contributed by atoms with Crippen LogP contribution < -0.4 is 10.5 Å². The fraction of sp³-hybridized carbons (Fsp3) is 0.438. The molecule has 1 aromatic heterocycles. The van der Waals surface area contributed by atoms with Crippen LogP contribution in [0.3, 0.4) is 0 Å². The van der Waals surface area contributed by atoms with Crippen LogP contribution in [0.2, 0.25) is 0 Å². The molecule has 2 aromatic rings. The summed E-state index contributed by atoms with van der Waals surface area (Å²) in [5.74, 6) is 3.37. The maximum absolute atomic E-state index is 6.34. The molecule has 3 rings (SSSR count). The highest BCUT2D eigenvalue weighted by atomic mass is 16.5. The molecule has 106 valence electrons. The summed E-state index contributed by atoms with van der Waals surface area (Å²) in [6.45, 7) is 3.11. The van der Waals surface area contributed by atoms with Crippen molar-refractivity contribution in [2.75, 3.05) is 12.8 Å². The van der Waals surface area contributed by atoms with Crippen molar-refractivity contribution < 1.29 is 4.74 Å². The third-order valence-electron chi connectivity index (χ3n) is 3.77. The third-order valence-corrected chi connectivity index (χ3v) is 3.77. The number of imidazole rings is 1. The molecule has 0 saturated heterocycles. The monoisotopic (exact) mass is 271 g/mol. The number of anilines is 1. The Hall–Kier alpha value is -1.97. The summed E-state index contributed by atoms with van der Waals surface area (Å²) in [6.07, 6.45) is 3.53. The van der Waals surface area contributed by atoms with Crippen molar-refractivity contribution in [3.05, 3.63) is 30.1 Å². The van der Waals surface area contributed by atoms with Gasteiger partial charge in [-0.15, -0.1) is 0 Å². The number of ether oxygens (including phenoxy) is 1. The summed E-state index contributed by atoms with van der Waals surface area (Å²) in [6, 6.07) is 7.94. The van der Waals surface area contributed by atoms with Gasteiger partial charge in [-0.1, -0.05) is 19.1 Å². The van der Waals surface area contributed by atoms with Crippen LogP contribution >= 0.6 is 0 Å². The van der Waals surface area contributed by atoms with Gasteiger partial charge in [0.05, 0.1) is 7.11 Å². The number of methoxy groups -OCH3 is 1. The van der Waals surface area contributed by atoms with Crippen LogP contribution in [0.1, 0.15) is 37.9 Å². The summed E-state index contributed by atoms with van der Waals surface area (Å²) in [4.78, 5) is 4.82. The molecule has 0 atom stereocenters. The average molecular weight is 271 g/mol. The minimum Gasteiger partial charge on any atom is -0.497 e. The smallest absolute Gasteiger partial charge is 0.131 e. The van der Waals surface area contributed by atoms with Gasteiger partial charge in [0.15, 0.2) is 0 Å². The van der Waals surface area contributed by atoms with Crippen LogP contribution in [0.4, 0.5) is 5.82 Å². The molecule has 4 heteroatoms. The Morgan fingerprint density at radius 3 is 2.85 bits per heavy atom. The number of hydrogen-bond acceptors (Lipinski definition) is 3. The summed E-state index contributed by atoms with van der Waals surface area (Å²) in [7, 11) is 1.67. The predicted octanol–water partition coefficient (Wildman–Crippen LogP) is 3.43. The molecule has 2 N–H and O–H groups in total. The van der Waals surface area contributed by atoms with Gasteiger partial charge in [-0.25, -0.2) is 4.98 Å². The van der Waals surface area contributed by atoms with Crippen molar-refractivity contribution in [2.45, 2.75) is 38.6 Å². The van der Waals surface area contributed by atoms with Gasteiger partial charge >= 0.3 is 0 Å². The first-order valence-electron chi connectivity index (χ1n) is 7.25. The highest BCUT2D eigenvalue weighted by Gasteiger charge is 2.30. The molecule has 1 aromatic carbocycles. The molecule has 0 radical (unpaired) electrons. The van der Waals surface area contributed by atoms with Crippen molar-refractivity contribution in [3.63, 3.8) is 0 Å². The summed E-state index contributed by atoms with van der Waals surface area (Å²) in [5.41, 5.74) is 8.25. The van der Waals surface area contributed by atoms with E-state index in [9.17, 15) is 0 Å². The van der Waals surface area contributed by atoms with Gasteiger partial charge in [-0.3, -0.25) is 0 Å². The number of hydrogen-bond donors (Lipinski definition) is 1. The summed E-state index contributed by atoms with van der Waals surface area (Å²) >= 11 is 0. The van der Waals surface area contributed by atoms with Crippen molar-refractivity contribution >= 4 is 5.82 Å². The molecule has 4 nitrogen and oxygen atoms in total. The number of rotatable bonds is 5. The Morgan fingerprint density at radius 1 is 1.40 bits per heavy atom. The first-order valence-corrected chi connectivity index (χ1v) is 7.25. The molecule has 1 heterocycles. The fourth-order valence-electron chi connectivity index (χ4n) is 2.58. The van der Waals surface area contributed by atoms with Crippen molar-refractivity contribution in [2.24, 2.45) is 0 Å². The Bertz CT molecular complexity index is 614. The first kappa shape index (κ1) is 13.0. The zero-order valence-electron chi connectivity index (χ0n) is 12.1. The molecule has 20 heavy (non-hydrogen) atoms. The topological polar surface area (TPSA) is 53.1 Å². The lowest BCUT2D eigenvalue weighted by Crippen LogP contribution is -2.06. The zero-order valence-corrected chi connectivity index (χ0v) is 12.1. The van der Waals surface area contributed by atoms with Crippen LogP contribution in [0.15, 0.2) is 24.3 Å². The second-order valence-corrected chi connectivity index (χ2v) is 5.36. The van der Waals surface area contributed by atoms with Gasteiger partial charge in [-0.05, 0) is 31.4 Å². The van der Waals surface area contributed by atoms with E-state index in [-0.39, 0.29) is 0 Å². The van der Waals surface area contributed by atoms with Gasteiger partial charge in [0.2, 0.25) is 0 Å². The standard InChI is InChI=1S/C16H21N3O/c1-3-9-19-15(17)14(18-16(19)11-7-8-11)12-5-4-6-13(10-12)20-2/h4-6,10-11H,3,7-9,17H2,1-2H3. The minimum atomic E-state index is 0.600. The van der Waals surface area contributed by atoms with Gasteiger partial charge in [0.25, 0.3) is 0 Å². The Kier molecular flexibility index (Phi) is 3.38. The van der Waals surface area contributed by atoms with E-state index in [4.69, 9.17) is 15.5 Å². The molecule has 0 spiro atoms. The lowest BCUT2D eigenvalue weighted by molar-refractivity contribution is 0.415. The quantitative estimate of drug-likeness (QED) is 0.906. The SMILES string of the molecule is CCCn1c(C2CC2)nc(-c2cccc(OC)c2)c1N. The lowest BCUT2D eigenvalue weighted by atomic mass is 10.1. The van der Waals surface area contributed by atoms with E-state index in [1.165, 1.54) is 12.8 Å². The Balaban J connectivity index is 2.06. The number of aromatic nitrogens is 2. The van der Waals surface area contributed by atoms with Gasteiger partial charge < -0.3 is 15.0 Å². The van der Waals surface area contributed by atoms with Crippen molar-refractivity contribution in [1.82, 2.24) is 9.55 Å². The third kappa shape index (κ3) is 2.26. The molecule has 0 bridgehead atoms. The van der Waals surface area contributed by atoms with Crippen LogP contribution in [0.5, 0.6) is 5.75 Å². The first-order chi connectivity index (χ1) is 9.74. The summed E-state index contributed by atoms with van der Waals surface area (Å²) < 4.78 is 7.47. The highest BCUT2D eigenvalue weighted by Crippen LogP contribution is 2.42. The zero-order chi connectivity index (χ0) is 14.1. The van der Waals surface area contributed by atoms with E-state index < -0.39 is 0 Å². The Morgan fingerprint density at radius 2 is 2.20 bits per heavy atom. The molecular weight excluding hydrogens is 250 g/mol. The number of nitrogens with two attached hydrogens (primary N) is 1. The van der Waals surface area contributed by atoms with E-state index in [1.807, 2.05) is 24.3 Å². The minimum absolute atomic E-state index is 0.600. The van der Waals surface area contributed by atoms with Gasteiger partial charge in [-0.2, -0.15) is 0 Å². The Labute approximate surface area is 119 Å². The number of benzene rings is 1. The van der Waals surface area contributed by atoms with Crippen LogP contribution in [-0.4, -0.2) is 16.7 Å². The average Bonchev–Trinajstić information content (AvgIpc) is 3.26. The highest BCUT2D eigenvalue weighted by molar-refractivity contribution is 5.72. The van der Waals surface area contributed by atoms with Crippen LogP contribution in [-0.2, 0) is 6.54 Å². The molecule has 0 amide bonds. The van der Waals surface area contributed by atoms with Gasteiger partial charge in [0, 0.05) is 18.0 Å². The van der Waals surface area contributed by atoms with E-state index >= 15 is 0 Å². The molecule has 0 unspecified atom stereocenters. The van der Waals surface area contributed by atoms with Gasteiger partial charge in [0.1, 0.15) is 23.1 Å². The van der Waals surface area contributed by atoms with Crippen molar-refractivity contribution in [3.8, 4) is 17.0 Å². The lowest BCUT2D eigenvalue weighted by Gasteiger charge is -2.07. The second kappa shape index (κ2) is 5.19. The maximum Gasteiger partial charge on any atom is 0.131 e. The predicted molar refractivity (Wildman–Crippen MR) is 80.9 cm³/mol. The van der Waals surface area contributed by atoms with E-state index in [0.29, 0.717) is 5.92 Å². The van der Waals surface area contributed by atoms with E-state index in [0.717, 1.165) is 41.6 Å². The van der Waals surface area contributed by atoms with Crippen LogP contribution in [0.25, 0.3) is 11.3 Å². The van der Waals surface area contributed by atoms with Crippen molar-refractivity contribution in [1.29, 1.82) is 0 Å². The molecule has 1 fully saturated rings. The molecule has 1 aliphatic rings. The molecule has 0 aliphatic heterocycles. The van der Waals surface area contributed by atoms with E-state index in [2.05, 4.69) is 11.5 Å². The molecular formula is C16H21N3O. The molecule has 1 aliphatic carbocycles.